The van der Waals surface area contributed by atoms with Crippen molar-refractivity contribution in [1.82, 2.24) is 4.90 Å². The average molecular weight is 258 g/mol. The molecule has 5 heteroatoms. The molecule has 1 aromatic rings. The molecule has 0 heterocycles. The van der Waals surface area contributed by atoms with Crippen molar-refractivity contribution in [2.75, 3.05) is 6.54 Å². The zero-order valence-corrected chi connectivity index (χ0v) is 10.5. The van der Waals surface area contributed by atoms with Crippen molar-refractivity contribution < 1.29 is 14.4 Å². The summed E-state index contributed by atoms with van der Waals surface area (Å²) >= 11 is 0. The monoisotopic (exact) mass is 258 g/mol. The fourth-order valence-corrected chi connectivity index (χ4v) is 1.34. The summed E-state index contributed by atoms with van der Waals surface area (Å²) in [5, 5.41) is 0. The van der Waals surface area contributed by atoms with Gasteiger partial charge >= 0.3 is 6.03 Å². The smallest absolute Gasteiger partial charge is 0.301 e. The molecule has 0 spiro atoms. The van der Waals surface area contributed by atoms with Crippen LogP contribution in [0.5, 0.6) is 0 Å². The van der Waals surface area contributed by atoms with E-state index in [0.29, 0.717) is 6.29 Å². The van der Waals surface area contributed by atoms with Crippen LogP contribution < -0.4 is 0 Å². The zero-order valence-electron chi connectivity index (χ0n) is 10.5. The molecule has 98 valence electrons. The van der Waals surface area contributed by atoms with Crippen LogP contribution in [0.4, 0.5) is 4.79 Å². The van der Waals surface area contributed by atoms with Crippen LogP contribution in [0.15, 0.2) is 41.4 Å². The van der Waals surface area contributed by atoms with E-state index in [1.54, 1.807) is 13.0 Å². The molecule has 0 atom stereocenters. The molecule has 5 nitrogen and oxygen atoms in total. The van der Waals surface area contributed by atoms with Gasteiger partial charge < -0.3 is 4.79 Å². The van der Waals surface area contributed by atoms with Crippen LogP contribution in [-0.4, -0.2) is 35.9 Å². The molecule has 0 saturated heterocycles. The number of hydrogen-bond donors (Lipinski definition) is 0. The molecule has 0 bridgehead atoms. The van der Waals surface area contributed by atoms with Gasteiger partial charge in [0, 0.05) is 12.3 Å². The Hall–Kier alpha value is -2.56. The number of imide groups is 1. The van der Waals surface area contributed by atoms with Gasteiger partial charge in [-0.25, -0.2) is 9.79 Å². The fourth-order valence-electron chi connectivity index (χ4n) is 1.34. The number of hydrogen-bond acceptors (Lipinski definition) is 3. The van der Waals surface area contributed by atoms with Gasteiger partial charge in [0.1, 0.15) is 6.29 Å². The van der Waals surface area contributed by atoms with Crippen molar-refractivity contribution in [2.24, 2.45) is 4.99 Å². The second-order valence-corrected chi connectivity index (χ2v) is 3.53. The summed E-state index contributed by atoms with van der Waals surface area (Å²) in [5.74, 6) is -0.577. The summed E-state index contributed by atoms with van der Waals surface area (Å²) < 4.78 is 0. The molecule has 3 amide bonds. The largest absolute Gasteiger partial charge is 0.350 e. The van der Waals surface area contributed by atoms with Gasteiger partial charge in [-0.3, -0.25) is 9.69 Å². The highest BCUT2D eigenvalue weighted by atomic mass is 16.2. The first kappa shape index (κ1) is 14.5. The summed E-state index contributed by atoms with van der Waals surface area (Å²) in [5.41, 5.74) is 0.827. The molecule has 1 aromatic carbocycles. The number of benzene rings is 1. The Kier molecular flexibility index (Phi) is 5.88. The second kappa shape index (κ2) is 7.71. The number of carbonyl (C=O) groups is 3. The number of carbonyl (C=O) groups excluding carboxylic acids is 3. The summed E-state index contributed by atoms with van der Waals surface area (Å²) in [6, 6.07) is 8.41. The maximum atomic E-state index is 11.8. The van der Waals surface area contributed by atoms with Gasteiger partial charge in [-0.05, 0) is 18.6 Å². The van der Waals surface area contributed by atoms with Crippen molar-refractivity contribution in [3.63, 3.8) is 0 Å². The Morgan fingerprint density at radius 2 is 1.95 bits per heavy atom. The Morgan fingerprint density at radius 1 is 1.26 bits per heavy atom. The Balaban J connectivity index is 2.80. The van der Waals surface area contributed by atoms with Gasteiger partial charge in [-0.2, -0.15) is 0 Å². The zero-order chi connectivity index (χ0) is 14.1. The minimum Gasteiger partial charge on any atom is -0.301 e. The standard InChI is InChI=1S/C14H14N2O3/c1-2-15-14(19)16(10-11-17)13(18)9-8-12-6-4-3-5-7-12/h2-9,11H,10H2,1H3. The number of rotatable bonds is 4. The summed E-state index contributed by atoms with van der Waals surface area (Å²) in [6.07, 6.45) is 4.57. The third-order valence-electron chi connectivity index (χ3n) is 2.21. The predicted molar refractivity (Wildman–Crippen MR) is 72.8 cm³/mol. The molecule has 0 aliphatic rings. The highest BCUT2D eigenvalue weighted by Crippen LogP contribution is 2.03. The Labute approximate surface area is 111 Å². The maximum absolute atomic E-state index is 11.8. The van der Waals surface area contributed by atoms with Gasteiger partial charge in [0.25, 0.3) is 5.91 Å². The molecule has 0 saturated carbocycles. The van der Waals surface area contributed by atoms with Crippen molar-refractivity contribution in [3.8, 4) is 0 Å². The Morgan fingerprint density at radius 3 is 2.53 bits per heavy atom. The molecule has 0 radical (unpaired) electrons. The van der Waals surface area contributed by atoms with Gasteiger partial charge in [-0.15, -0.1) is 0 Å². The molecule has 19 heavy (non-hydrogen) atoms. The van der Waals surface area contributed by atoms with Gasteiger partial charge in [0.2, 0.25) is 0 Å². The van der Waals surface area contributed by atoms with Gasteiger partial charge in [-0.1, -0.05) is 30.3 Å². The average Bonchev–Trinajstić information content (AvgIpc) is 2.43. The van der Waals surface area contributed by atoms with Crippen LogP contribution in [-0.2, 0) is 9.59 Å². The first-order valence-electron chi connectivity index (χ1n) is 5.70. The third-order valence-corrected chi connectivity index (χ3v) is 2.21. The third kappa shape index (κ3) is 4.67. The van der Waals surface area contributed by atoms with Crippen LogP contribution >= 0.6 is 0 Å². The second-order valence-electron chi connectivity index (χ2n) is 3.53. The fraction of sp³-hybridized carbons (Fsp3) is 0.143. The van der Waals surface area contributed by atoms with E-state index in [0.717, 1.165) is 10.5 Å². The number of aliphatic imine (C=N–C) groups is 1. The molecular formula is C14H14N2O3. The summed E-state index contributed by atoms with van der Waals surface area (Å²) in [7, 11) is 0. The van der Waals surface area contributed by atoms with Crippen molar-refractivity contribution in [1.29, 1.82) is 0 Å². The van der Waals surface area contributed by atoms with E-state index in [4.69, 9.17) is 0 Å². The van der Waals surface area contributed by atoms with E-state index >= 15 is 0 Å². The lowest BCUT2D eigenvalue weighted by Gasteiger charge is -2.12. The number of nitrogens with zero attached hydrogens (tertiary/aromatic N) is 2. The summed E-state index contributed by atoms with van der Waals surface area (Å²) in [4.78, 5) is 38.0. The minimum atomic E-state index is -0.752. The molecule has 0 N–H and O–H groups in total. The van der Waals surface area contributed by atoms with Crippen molar-refractivity contribution in [3.05, 3.63) is 42.0 Å². The van der Waals surface area contributed by atoms with E-state index in [1.165, 1.54) is 12.3 Å². The summed E-state index contributed by atoms with van der Waals surface area (Å²) in [6.45, 7) is 1.25. The van der Waals surface area contributed by atoms with Crippen molar-refractivity contribution in [2.45, 2.75) is 6.92 Å². The molecule has 0 aliphatic heterocycles. The van der Waals surface area contributed by atoms with E-state index in [1.807, 2.05) is 30.3 Å². The molecule has 0 fully saturated rings. The first-order chi connectivity index (χ1) is 9.19. The number of urea groups is 1. The van der Waals surface area contributed by atoms with Crippen LogP contribution in [0.1, 0.15) is 12.5 Å². The minimum absolute atomic E-state index is 0.311. The van der Waals surface area contributed by atoms with Crippen LogP contribution in [0.25, 0.3) is 6.08 Å². The van der Waals surface area contributed by atoms with E-state index < -0.39 is 11.9 Å². The quantitative estimate of drug-likeness (QED) is 0.471. The maximum Gasteiger partial charge on any atom is 0.350 e. The molecule has 0 aromatic heterocycles. The number of aldehydes is 1. The molecule has 1 rings (SSSR count). The SMILES string of the molecule is CC=NC(=O)N(CC=O)C(=O)C=Cc1ccccc1. The van der Waals surface area contributed by atoms with Gasteiger partial charge in [0.05, 0.1) is 6.54 Å². The highest BCUT2D eigenvalue weighted by molar-refractivity contribution is 6.04. The van der Waals surface area contributed by atoms with E-state index in [9.17, 15) is 14.4 Å². The number of amides is 3. The van der Waals surface area contributed by atoms with E-state index in [2.05, 4.69) is 4.99 Å². The van der Waals surface area contributed by atoms with Gasteiger partial charge in [0.15, 0.2) is 0 Å². The van der Waals surface area contributed by atoms with E-state index in [-0.39, 0.29) is 6.54 Å². The Bertz CT molecular complexity index is 507. The lowest BCUT2D eigenvalue weighted by molar-refractivity contribution is -0.125. The lowest BCUT2D eigenvalue weighted by Crippen LogP contribution is -2.35. The molecule has 0 unspecified atom stereocenters. The topological polar surface area (TPSA) is 66.8 Å². The normalized spacial score (nSPS) is 10.8. The van der Waals surface area contributed by atoms with Crippen molar-refractivity contribution >= 4 is 30.5 Å². The molecule has 0 aliphatic carbocycles. The van der Waals surface area contributed by atoms with Crippen LogP contribution in [0, 0.1) is 0 Å². The predicted octanol–water partition coefficient (Wildman–Crippen LogP) is 1.94. The first-order valence-corrected chi connectivity index (χ1v) is 5.70. The molecular weight excluding hydrogens is 244 g/mol. The highest BCUT2D eigenvalue weighted by Gasteiger charge is 2.17. The van der Waals surface area contributed by atoms with Crippen LogP contribution in [0.3, 0.4) is 0 Å². The van der Waals surface area contributed by atoms with Crippen LogP contribution in [0.2, 0.25) is 0 Å². The lowest BCUT2D eigenvalue weighted by atomic mass is 10.2.